The van der Waals surface area contributed by atoms with Crippen LogP contribution in [0.5, 0.6) is 0 Å². The van der Waals surface area contributed by atoms with Crippen molar-refractivity contribution in [1.82, 2.24) is 4.98 Å². The summed E-state index contributed by atoms with van der Waals surface area (Å²) in [4.78, 5) is 3.75. The van der Waals surface area contributed by atoms with Crippen molar-refractivity contribution < 1.29 is 9.50 Å². The molecule has 0 aliphatic heterocycles. The molecule has 1 aromatic rings. The van der Waals surface area contributed by atoms with E-state index in [1.165, 1.54) is 12.3 Å². The van der Waals surface area contributed by atoms with Gasteiger partial charge in [-0.25, -0.2) is 4.39 Å². The fourth-order valence-electron chi connectivity index (χ4n) is 1.16. The molecule has 72 valence electrons. The number of aromatic nitrogens is 1. The SMILES string of the molecule is CC(C)(CO)Cc1cncc(F)c1. The lowest BCUT2D eigenvalue weighted by atomic mass is 9.87. The highest BCUT2D eigenvalue weighted by Crippen LogP contribution is 2.20. The number of pyridine rings is 1. The molecule has 13 heavy (non-hydrogen) atoms. The number of hydrogen-bond acceptors (Lipinski definition) is 2. The number of halogens is 1. The lowest BCUT2D eigenvalue weighted by molar-refractivity contribution is 0.159. The second-order valence-electron chi connectivity index (χ2n) is 4.01. The third-order valence-electron chi connectivity index (χ3n) is 1.87. The summed E-state index contributed by atoms with van der Waals surface area (Å²) in [5, 5.41) is 9.01. The van der Waals surface area contributed by atoms with Gasteiger partial charge in [-0.3, -0.25) is 4.98 Å². The minimum absolute atomic E-state index is 0.0868. The van der Waals surface area contributed by atoms with Crippen molar-refractivity contribution in [2.24, 2.45) is 5.41 Å². The average molecular weight is 183 g/mol. The molecule has 0 unspecified atom stereocenters. The van der Waals surface area contributed by atoms with Crippen molar-refractivity contribution in [1.29, 1.82) is 0 Å². The van der Waals surface area contributed by atoms with Crippen LogP contribution < -0.4 is 0 Å². The number of rotatable bonds is 3. The molecular weight excluding hydrogens is 169 g/mol. The maximum absolute atomic E-state index is 12.7. The molecule has 0 saturated carbocycles. The first-order chi connectivity index (χ1) is 6.03. The first kappa shape index (κ1) is 10.1. The minimum Gasteiger partial charge on any atom is -0.396 e. The van der Waals surface area contributed by atoms with Gasteiger partial charge in [-0.05, 0) is 23.5 Å². The van der Waals surface area contributed by atoms with Crippen molar-refractivity contribution in [3.05, 3.63) is 29.8 Å². The Balaban J connectivity index is 2.74. The topological polar surface area (TPSA) is 33.1 Å². The average Bonchev–Trinajstić information content (AvgIpc) is 2.03. The van der Waals surface area contributed by atoms with E-state index in [1.54, 1.807) is 6.20 Å². The highest BCUT2D eigenvalue weighted by atomic mass is 19.1. The fraction of sp³-hybridized carbons (Fsp3) is 0.500. The van der Waals surface area contributed by atoms with Crippen molar-refractivity contribution in [3.63, 3.8) is 0 Å². The van der Waals surface area contributed by atoms with Crippen LogP contribution in [0.25, 0.3) is 0 Å². The Bertz CT molecular complexity index is 286. The van der Waals surface area contributed by atoms with Gasteiger partial charge >= 0.3 is 0 Å². The van der Waals surface area contributed by atoms with Gasteiger partial charge in [0.05, 0.1) is 6.20 Å². The van der Waals surface area contributed by atoms with E-state index in [0.29, 0.717) is 6.42 Å². The summed E-state index contributed by atoms with van der Waals surface area (Å²) in [6, 6.07) is 1.45. The molecule has 0 amide bonds. The van der Waals surface area contributed by atoms with Crippen LogP contribution in [0.3, 0.4) is 0 Å². The zero-order valence-corrected chi connectivity index (χ0v) is 7.92. The quantitative estimate of drug-likeness (QED) is 0.774. The number of aliphatic hydroxyl groups excluding tert-OH is 1. The Morgan fingerprint density at radius 3 is 2.69 bits per heavy atom. The van der Waals surface area contributed by atoms with Crippen LogP contribution in [0, 0.1) is 11.2 Å². The van der Waals surface area contributed by atoms with Crippen LogP contribution in [-0.2, 0) is 6.42 Å². The molecule has 0 saturated heterocycles. The smallest absolute Gasteiger partial charge is 0.141 e. The molecule has 0 aliphatic carbocycles. The summed E-state index contributed by atoms with van der Waals surface area (Å²) in [7, 11) is 0. The third-order valence-corrected chi connectivity index (χ3v) is 1.87. The van der Waals surface area contributed by atoms with Gasteiger partial charge in [0.25, 0.3) is 0 Å². The van der Waals surface area contributed by atoms with Crippen LogP contribution in [0.4, 0.5) is 4.39 Å². The first-order valence-electron chi connectivity index (χ1n) is 4.24. The molecule has 1 N–H and O–H groups in total. The Morgan fingerprint density at radius 1 is 1.46 bits per heavy atom. The number of nitrogens with zero attached hydrogens (tertiary/aromatic N) is 1. The van der Waals surface area contributed by atoms with Crippen LogP contribution >= 0.6 is 0 Å². The summed E-state index contributed by atoms with van der Waals surface area (Å²) < 4.78 is 12.7. The molecule has 1 aromatic heterocycles. The summed E-state index contributed by atoms with van der Waals surface area (Å²) in [5.74, 6) is -0.328. The summed E-state index contributed by atoms with van der Waals surface area (Å²) in [5.41, 5.74) is 0.606. The van der Waals surface area contributed by atoms with Gasteiger partial charge in [0.2, 0.25) is 0 Å². The maximum Gasteiger partial charge on any atom is 0.141 e. The van der Waals surface area contributed by atoms with Gasteiger partial charge in [0.15, 0.2) is 0 Å². The predicted molar refractivity (Wildman–Crippen MR) is 48.8 cm³/mol. The molecular formula is C10H14FNO. The summed E-state index contributed by atoms with van der Waals surface area (Å²) >= 11 is 0. The van der Waals surface area contributed by atoms with E-state index >= 15 is 0 Å². The fourth-order valence-corrected chi connectivity index (χ4v) is 1.16. The van der Waals surface area contributed by atoms with E-state index in [-0.39, 0.29) is 17.8 Å². The Hall–Kier alpha value is -0.960. The highest BCUT2D eigenvalue weighted by molar-refractivity contribution is 5.11. The van der Waals surface area contributed by atoms with Gasteiger partial charge in [-0.15, -0.1) is 0 Å². The predicted octanol–water partition coefficient (Wildman–Crippen LogP) is 1.78. The Morgan fingerprint density at radius 2 is 2.15 bits per heavy atom. The van der Waals surface area contributed by atoms with Crippen molar-refractivity contribution in [2.45, 2.75) is 20.3 Å². The molecule has 0 aromatic carbocycles. The van der Waals surface area contributed by atoms with Gasteiger partial charge in [0.1, 0.15) is 5.82 Å². The molecule has 0 spiro atoms. The molecule has 1 rings (SSSR count). The molecule has 2 nitrogen and oxygen atoms in total. The van der Waals surface area contributed by atoms with E-state index in [0.717, 1.165) is 5.56 Å². The molecule has 0 radical (unpaired) electrons. The van der Waals surface area contributed by atoms with Gasteiger partial charge in [-0.1, -0.05) is 13.8 Å². The second-order valence-corrected chi connectivity index (χ2v) is 4.01. The lowest BCUT2D eigenvalue weighted by Crippen LogP contribution is -2.19. The first-order valence-corrected chi connectivity index (χ1v) is 4.24. The van der Waals surface area contributed by atoms with Gasteiger partial charge in [0, 0.05) is 12.8 Å². The summed E-state index contributed by atoms with van der Waals surface area (Å²) in [6.45, 7) is 3.94. The highest BCUT2D eigenvalue weighted by Gasteiger charge is 2.17. The minimum atomic E-state index is -0.328. The molecule has 3 heteroatoms. The van der Waals surface area contributed by atoms with Crippen LogP contribution in [0.1, 0.15) is 19.4 Å². The van der Waals surface area contributed by atoms with E-state index in [1.807, 2.05) is 13.8 Å². The van der Waals surface area contributed by atoms with Crippen LogP contribution in [0.15, 0.2) is 18.5 Å². The third kappa shape index (κ3) is 3.11. The van der Waals surface area contributed by atoms with Gasteiger partial charge < -0.3 is 5.11 Å². The molecule has 0 atom stereocenters. The monoisotopic (exact) mass is 183 g/mol. The van der Waals surface area contributed by atoms with E-state index in [9.17, 15) is 4.39 Å². The lowest BCUT2D eigenvalue weighted by Gasteiger charge is -2.20. The van der Waals surface area contributed by atoms with E-state index in [4.69, 9.17) is 5.11 Å². The molecule has 0 bridgehead atoms. The van der Waals surface area contributed by atoms with Crippen LogP contribution in [0.2, 0.25) is 0 Å². The molecule has 0 aliphatic rings. The maximum atomic E-state index is 12.7. The molecule has 1 heterocycles. The standard InChI is InChI=1S/C10H14FNO/c1-10(2,7-13)4-8-3-9(11)6-12-5-8/h3,5-6,13H,4,7H2,1-2H3. The van der Waals surface area contributed by atoms with E-state index in [2.05, 4.69) is 4.98 Å². The van der Waals surface area contributed by atoms with Crippen molar-refractivity contribution in [2.75, 3.05) is 6.61 Å². The van der Waals surface area contributed by atoms with Crippen molar-refractivity contribution >= 4 is 0 Å². The number of aliphatic hydroxyl groups is 1. The summed E-state index contributed by atoms with van der Waals surface area (Å²) in [6.07, 6.45) is 3.43. The zero-order chi connectivity index (χ0) is 9.90. The van der Waals surface area contributed by atoms with Crippen molar-refractivity contribution in [3.8, 4) is 0 Å². The normalized spacial score (nSPS) is 11.7. The molecule has 0 fully saturated rings. The largest absolute Gasteiger partial charge is 0.396 e. The van der Waals surface area contributed by atoms with Crippen LogP contribution in [-0.4, -0.2) is 16.7 Å². The Kier molecular flexibility index (Phi) is 2.98. The number of hydrogen-bond donors (Lipinski definition) is 1. The van der Waals surface area contributed by atoms with Gasteiger partial charge in [-0.2, -0.15) is 0 Å². The second kappa shape index (κ2) is 3.83. The van der Waals surface area contributed by atoms with E-state index < -0.39 is 0 Å². The zero-order valence-electron chi connectivity index (χ0n) is 7.92. The Labute approximate surface area is 77.4 Å².